The Kier molecular flexibility index (Phi) is 6.23. The van der Waals surface area contributed by atoms with E-state index in [2.05, 4.69) is 56.4 Å². The molecule has 1 aromatic rings. The Morgan fingerprint density at radius 2 is 1.76 bits per heavy atom. The van der Waals surface area contributed by atoms with Crippen LogP contribution in [0.5, 0.6) is 0 Å². The molecule has 0 bridgehead atoms. The Labute approximate surface area is 105 Å². The van der Waals surface area contributed by atoms with Crippen LogP contribution >= 0.6 is 0 Å². The highest BCUT2D eigenvalue weighted by Gasteiger charge is 2.11. The van der Waals surface area contributed by atoms with Crippen molar-refractivity contribution in [3.05, 3.63) is 35.9 Å². The summed E-state index contributed by atoms with van der Waals surface area (Å²) in [5, 5.41) is 3.51. The topological polar surface area (TPSA) is 21.3 Å². The fourth-order valence-electron chi connectivity index (χ4n) is 1.85. The fourth-order valence-corrected chi connectivity index (χ4v) is 1.85. The van der Waals surface area contributed by atoms with Gasteiger partial charge in [0.05, 0.1) is 6.10 Å². The predicted molar refractivity (Wildman–Crippen MR) is 73.4 cm³/mol. The van der Waals surface area contributed by atoms with Gasteiger partial charge in [-0.15, -0.1) is 0 Å². The molecule has 0 amide bonds. The minimum absolute atomic E-state index is 0.266. The zero-order valence-corrected chi connectivity index (χ0v) is 11.4. The van der Waals surface area contributed by atoms with Crippen LogP contribution in [-0.2, 0) is 4.74 Å². The van der Waals surface area contributed by atoms with E-state index in [0.29, 0.717) is 12.0 Å². The van der Waals surface area contributed by atoms with Gasteiger partial charge in [-0.1, -0.05) is 37.3 Å². The average Bonchev–Trinajstić information content (AvgIpc) is 2.38. The van der Waals surface area contributed by atoms with E-state index in [1.807, 2.05) is 0 Å². The summed E-state index contributed by atoms with van der Waals surface area (Å²) in [4.78, 5) is 0. The second-order valence-electron chi connectivity index (χ2n) is 4.78. The Bertz CT molecular complexity index is 299. The minimum Gasteiger partial charge on any atom is -0.380 e. The predicted octanol–water partition coefficient (Wildman–Crippen LogP) is 3.19. The van der Waals surface area contributed by atoms with E-state index >= 15 is 0 Å². The molecule has 0 aliphatic carbocycles. The van der Waals surface area contributed by atoms with Crippen molar-refractivity contribution in [2.75, 3.05) is 13.7 Å². The molecule has 1 aromatic carbocycles. The van der Waals surface area contributed by atoms with E-state index < -0.39 is 0 Å². The Balaban J connectivity index is 2.27. The van der Waals surface area contributed by atoms with Gasteiger partial charge in [-0.25, -0.2) is 0 Å². The van der Waals surface area contributed by atoms with Crippen LogP contribution in [0.2, 0.25) is 0 Å². The third-order valence-corrected chi connectivity index (χ3v) is 3.49. The van der Waals surface area contributed by atoms with Crippen LogP contribution in [0.1, 0.15) is 38.7 Å². The maximum absolute atomic E-state index is 5.29. The Morgan fingerprint density at radius 1 is 1.12 bits per heavy atom. The maximum atomic E-state index is 5.29. The van der Waals surface area contributed by atoms with Crippen molar-refractivity contribution in [1.82, 2.24) is 5.32 Å². The molecule has 0 aromatic heterocycles. The molecule has 3 unspecified atom stereocenters. The highest BCUT2D eigenvalue weighted by Crippen LogP contribution is 2.17. The highest BCUT2D eigenvalue weighted by atomic mass is 16.5. The molecule has 17 heavy (non-hydrogen) atoms. The van der Waals surface area contributed by atoms with E-state index in [4.69, 9.17) is 4.74 Å². The largest absolute Gasteiger partial charge is 0.380 e. The van der Waals surface area contributed by atoms with Gasteiger partial charge in [-0.05, 0) is 38.3 Å². The summed E-state index contributed by atoms with van der Waals surface area (Å²) in [5.41, 5.74) is 1.42. The van der Waals surface area contributed by atoms with Gasteiger partial charge in [0.15, 0.2) is 0 Å². The molecule has 0 spiro atoms. The van der Waals surface area contributed by atoms with Crippen molar-refractivity contribution in [3.63, 3.8) is 0 Å². The first-order valence-corrected chi connectivity index (χ1v) is 6.46. The third kappa shape index (κ3) is 4.88. The zero-order valence-electron chi connectivity index (χ0n) is 11.4. The van der Waals surface area contributed by atoms with Crippen LogP contribution in [0, 0.1) is 0 Å². The van der Waals surface area contributed by atoms with E-state index in [0.717, 1.165) is 13.0 Å². The Morgan fingerprint density at radius 3 is 2.35 bits per heavy atom. The first-order valence-electron chi connectivity index (χ1n) is 6.46. The van der Waals surface area contributed by atoms with Gasteiger partial charge in [0.2, 0.25) is 0 Å². The lowest BCUT2D eigenvalue weighted by Gasteiger charge is -2.21. The van der Waals surface area contributed by atoms with Gasteiger partial charge in [0.1, 0.15) is 0 Å². The lowest BCUT2D eigenvalue weighted by Crippen LogP contribution is -2.37. The molecule has 0 saturated carbocycles. The van der Waals surface area contributed by atoms with Gasteiger partial charge in [0, 0.05) is 13.2 Å². The third-order valence-electron chi connectivity index (χ3n) is 3.49. The smallest absolute Gasteiger partial charge is 0.0693 e. The number of hydrogen-bond donors (Lipinski definition) is 1. The van der Waals surface area contributed by atoms with E-state index in [9.17, 15) is 0 Å². The van der Waals surface area contributed by atoms with Gasteiger partial charge < -0.3 is 10.1 Å². The molecule has 3 atom stereocenters. The number of ether oxygens (including phenoxy) is 1. The number of methoxy groups -OCH3 is 1. The van der Waals surface area contributed by atoms with Crippen molar-refractivity contribution < 1.29 is 4.74 Å². The summed E-state index contributed by atoms with van der Waals surface area (Å²) < 4.78 is 5.29. The Hall–Kier alpha value is -0.860. The van der Waals surface area contributed by atoms with E-state index in [1.54, 1.807) is 7.11 Å². The summed E-state index contributed by atoms with van der Waals surface area (Å²) in [6.45, 7) is 7.58. The molecule has 0 heterocycles. The maximum Gasteiger partial charge on any atom is 0.0693 e. The minimum atomic E-state index is 0.266. The van der Waals surface area contributed by atoms with Crippen molar-refractivity contribution in [1.29, 1.82) is 0 Å². The van der Waals surface area contributed by atoms with Crippen LogP contribution in [0.4, 0.5) is 0 Å². The van der Waals surface area contributed by atoms with Crippen LogP contribution in [0.3, 0.4) is 0 Å². The molecular weight excluding hydrogens is 210 g/mol. The van der Waals surface area contributed by atoms with Gasteiger partial charge >= 0.3 is 0 Å². The number of rotatable bonds is 7. The van der Waals surface area contributed by atoms with Crippen molar-refractivity contribution >= 4 is 0 Å². The van der Waals surface area contributed by atoms with Crippen LogP contribution in [0.15, 0.2) is 30.3 Å². The summed E-state index contributed by atoms with van der Waals surface area (Å²) >= 11 is 0. The summed E-state index contributed by atoms with van der Waals surface area (Å²) in [7, 11) is 1.76. The fraction of sp³-hybridized carbons (Fsp3) is 0.600. The van der Waals surface area contributed by atoms with Gasteiger partial charge in [0.25, 0.3) is 0 Å². The molecule has 2 heteroatoms. The highest BCUT2D eigenvalue weighted by molar-refractivity contribution is 5.18. The zero-order chi connectivity index (χ0) is 12.7. The molecule has 0 radical (unpaired) electrons. The van der Waals surface area contributed by atoms with Crippen LogP contribution in [-0.4, -0.2) is 25.8 Å². The standard InChI is InChI=1S/C15H25NO/c1-12(15-8-6-5-7-9-15)10-11-16-13(2)14(3)17-4/h5-9,12-14,16H,10-11H2,1-4H3. The summed E-state index contributed by atoms with van der Waals surface area (Å²) in [5.74, 6) is 0.605. The molecule has 1 rings (SSSR count). The lowest BCUT2D eigenvalue weighted by molar-refractivity contribution is 0.0886. The van der Waals surface area contributed by atoms with Crippen molar-refractivity contribution in [2.45, 2.75) is 45.3 Å². The first kappa shape index (κ1) is 14.2. The lowest BCUT2D eigenvalue weighted by atomic mass is 9.98. The van der Waals surface area contributed by atoms with E-state index in [1.165, 1.54) is 5.56 Å². The van der Waals surface area contributed by atoms with Gasteiger partial charge in [-0.3, -0.25) is 0 Å². The van der Waals surface area contributed by atoms with E-state index in [-0.39, 0.29) is 6.10 Å². The summed E-state index contributed by atoms with van der Waals surface area (Å²) in [6, 6.07) is 11.1. The average molecular weight is 235 g/mol. The molecule has 96 valence electrons. The van der Waals surface area contributed by atoms with Crippen LogP contribution < -0.4 is 5.32 Å². The molecular formula is C15H25NO. The summed E-state index contributed by atoms with van der Waals surface area (Å²) in [6.07, 6.45) is 1.42. The first-order chi connectivity index (χ1) is 8.15. The molecule has 0 fully saturated rings. The monoisotopic (exact) mass is 235 g/mol. The molecule has 0 aliphatic heterocycles. The number of benzene rings is 1. The normalized spacial score (nSPS) is 16.5. The molecule has 2 nitrogen and oxygen atoms in total. The van der Waals surface area contributed by atoms with Gasteiger partial charge in [-0.2, -0.15) is 0 Å². The number of hydrogen-bond acceptors (Lipinski definition) is 2. The van der Waals surface area contributed by atoms with Crippen molar-refractivity contribution in [3.8, 4) is 0 Å². The molecule has 0 saturated heterocycles. The second kappa shape index (κ2) is 7.46. The number of nitrogens with one attached hydrogen (secondary N) is 1. The van der Waals surface area contributed by atoms with Crippen LogP contribution in [0.25, 0.3) is 0 Å². The van der Waals surface area contributed by atoms with Crippen molar-refractivity contribution in [2.24, 2.45) is 0 Å². The molecule has 0 aliphatic rings. The SMILES string of the molecule is COC(C)C(C)NCCC(C)c1ccccc1. The quantitative estimate of drug-likeness (QED) is 0.783. The molecule has 1 N–H and O–H groups in total. The second-order valence-corrected chi connectivity index (χ2v) is 4.78.